The minimum absolute atomic E-state index is 0.262. The first-order chi connectivity index (χ1) is 12.9. The third-order valence-corrected chi connectivity index (χ3v) is 5.63. The first kappa shape index (κ1) is 18.5. The van der Waals surface area contributed by atoms with Crippen LogP contribution in [-0.4, -0.2) is 8.42 Å². The summed E-state index contributed by atoms with van der Waals surface area (Å²) in [4.78, 5) is 0.262. The van der Waals surface area contributed by atoms with Crippen LogP contribution in [0.15, 0.2) is 71.6 Å². The quantitative estimate of drug-likeness (QED) is 0.674. The Morgan fingerprint density at radius 1 is 0.889 bits per heavy atom. The summed E-state index contributed by atoms with van der Waals surface area (Å²) < 4.78 is 27.9. The second-order valence-electron chi connectivity index (χ2n) is 6.23. The molecule has 0 aromatic heterocycles. The maximum absolute atomic E-state index is 12.6. The lowest BCUT2D eigenvalue weighted by Crippen LogP contribution is -2.14. The summed E-state index contributed by atoms with van der Waals surface area (Å²) in [6.07, 6.45) is 0. The van der Waals surface area contributed by atoms with Crippen molar-refractivity contribution in [1.82, 2.24) is 0 Å². The van der Waals surface area contributed by atoms with Crippen LogP contribution >= 0.6 is 0 Å². The normalized spacial score (nSPS) is 10.9. The lowest BCUT2D eigenvalue weighted by Gasteiger charge is -2.12. The van der Waals surface area contributed by atoms with Crippen molar-refractivity contribution in [2.45, 2.75) is 18.7 Å². The van der Waals surface area contributed by atoms with E-state index in [0.717, 1.165) is 11.3 Å². The van der Waals surface area contributed by atoms with Crippen LogP contribution in [0.2, 0.25) is 0 Å². The van der Waals surface area contributed by atoms with Gasteiger partial charge in [0.1, 0.15) is 6.07 Å². The molecular weight excluding hydrogens is 358 g/mol. The van der Waals surface area contributed by atoms with Gasteiger partial charge in [-0.05, 0) is 61.9 Å². The highest BCUT2D eigenvalue weighted by atomic mass is 32.2. The predicted octanol–water partition coefficient (Wildman–Crippen LogP) is 4.72. The zero-order chi connectivity index (χ0) is 19.4. The van der Waals surface area contributed by atoms with Crippen LogP contribution in [0.3, 0.4) is 0 Å². The van der Waals surface area contributed by atoms with Crippen LogP contribution < -0.4 is 10.0 Å². The number of nitrogens with one attached hydrogen (secondary N) is 2. The molecule has 2 N–H and O–H groups in total. The number of aryl methyl sites for hydroxylation is 2. The monoisotopic (exact) mass is 377 g/mol. The number of sulfonamides is 1. The Kier molecular flexibility index (Phi) is 5.15. The minimum atomic E-state index is -3.66. The van der Waals surface area contributed by atoms with E-state index >= 15 is 0 Å². The number of nitriles is 1. The van der Waals surface area contributed by atoms with Crippen molar-refractivity contribution < 1.29 is 8.42 Å². The standard InChI is InChI=1S/C21H19N3O2S/c1-15-7-12-21(16(2)13-15)27(25,26)24-19-10-8-18(9-11-19)23-20-6-4-3-5-17(20)14-22/h3-13,23-24H,1-2H3. The molecule has 0 aliphatic rings. The van der Waals surface area contributed by atoms with E-state index in [1.165, 1.54) is 0 Å². The number of anilines is 3. The molecule has 3 rings (SSSR count). The van der Waals surface area contributed by atoms with Gasteiger partial charge in [-0.15, -0.1) is 0 Å². The summed E-state index contributed by atoms with van der Waals surface area (Å²) in [6.45, 7) is 3.70. The molecule has 6 heteroatoms. The zero-order valence-corrected chi connectivity index (χ0v) is 15.8. The van der Waals surface area contributed by atoms with E-state index in [1.807, 2.05) is 25.1 Å². The van der Waals surface area contributed by atoms with Gasteiger partial charge in [-0.3, -0.25) is 4.72 Å². The van der Waals surface area contributed by atoms with Gasteiger partial charge in [0.15, 0.2) is 0 Å². The van der Waals surface area contributed by atoms with E-state index in [9.17, 15) is 8.42 Å². The van der Waals surface area contributed by atoms with Crippen LogP contribution in [-0.2, 0) is 10.0 Å². The number of hydrogen-bond acceptors (Lipinski definition) is 4. The van der Waals surface area contributed by atoms with Gasteiger partial charge >= 0.3 is 0 Å². The largest absolute Gasteiger partial charge is 0.354 e. The number of hydrogen-bond donors (Lipinski definition) is 2. The topological polar surface area (TPSA) is 82.0 Å². The van der Waals surface area contributed by atoms with E-state index in [4.69, 9.17) is 5.26 Å². The Bertz CT molecular complexity index is 1110. The van der Waals surface area contributed by atoms with E-state index in [0.29, 0.717) is 22.5 Å². The third-order valence-electron chi connectivity index (χ3n) is 4.08. The minimum Gasteiger partial charge on any atom is -0.354 e. The summed E-state index contributed by atoms with van der Waals surface area (Å²) in [5.74, 6) is 0. The lowest BCUT2D eigenvalue weighted by atomic mass is 10.2. The van der Waals surface area contributed by atoms with Crippen molar-refractivity contribution in [2.75, 3.05) is 10.0 Å². The fourth-order valence-corrected chi connectivity index (χ4v) is 4.06. The van der Waals surface area contributed by atoms with Crippen molar-refractivity contribution in [3.63, 3.8) is 0 Å². The van der Waals surface area contributed by atoms with Crippen LogP contribution in [0.4, 0.5) is 17.1 Å². The second-order valence-corrected chi connectivity index (χ2v) is 7.89. The van der Waals surface area contributed by atoms with E-state index in [1.54, 1.807) is 55.5 Å². The van der Waals surface area contributed by atoms with E-state index in [2.05, 4.69) is 16.1 Å². The molecule has 0 heterocycles. The maximum atomic E-state index is 12.6. The van der Waals surface area contributed by atoms with Gasteiger partial charge in [0.25, 0.3) is 10.0 Å². The Morgan fingerprint density at radius 2 is 1.56 bits per heavy atom. The average molecular weight is 377 g/mol. The molecule has 0 saturated heterocycles. The Hall–Kier alpha value is -3.30. The fourth-order valence-electron chi connectivity index (χ4n) is 2.78. The van der Waals surface area contributed by atoms with Crippen molar-refractivity contribution in [1.29, 1.82) is 5.26 Å². The van der Waals surface area contributed by atoms with Crippen molar-refractivity contribution >= 4 is 27.1 Å². The molecule has 0 saturated carbocycles. The molecule has 5 nitrogen and oxygen atoms in total. The number of benzene rings is 3. The molecule has 3 aromatic rings. The number of rotatable bonds is 5. The van der Waals surface area contributed by atoms with Crippen molar-refractivity contribution in [2.24, 2.45) is 0 Å². The van der Waals surface area contributed by atoms with Crippen LogP contribution in [0, 0.1) is 25.2 Å². The van der Waals surface area contributed by atoms with Gasteiger partial charge in [-0.2, -0.15) is 5.26 Å². The molecule has 0 aliphatic carbocycles. The lowest BCUT2D eigenvalue weighted by molar-refractivity contribution is 0.600. The molecule has 27 heavy (non-hydrogen) atoms. The highest BCUT2D eigenvalue weighted by Crippen LogP contribution is 2.24. The van der Waals surface area contributed by atoms with Gasteiger partial charge in [0, 0.05) is 11.4 Å². The van der Waals surface area contributed by atoms with Gasteiger partial charge in [0.2, 0.25) is 0 Å². The van der Waals surface area contributed by atoms with Crippen LogP contribution in [0.25, 0.3) is 0 Å². The van der Waals surface area contributed by atoms with Gasteiger partial charge in [0.05, 0.1) is 16.1 Å². The molecule has 136 valence electrons. The highest BCUT2D eigenvalue weighted by molar-refractivity contribution is 7.92. The third kappa shape index (κ3) is 4.27. The molecule has 0 bridgehead atoms. The van der Waals surface area contributed by atoms with Crippen molar-refractivity contribution in [3.05, 3.63) is 83.4 Å². The van der Waals surface area contributed by atoms with E-state index in [-0.39, 0.29) is 4.90 Å². The highest BCUT2D eigenvalue weighted by Gasteiger charge is 2.16. The van der Waals surface area contributed by atoms with Crippen LogP contribution in [0.5, 0.6) is 0 Å². The first-order valence-corrected chi connectivity index (χ1v) is 9.84. The predicted molar refractivity (Wildman–Crippen MR) is 108 cm³/mol. The summed E-state index contributed by atoms with van der Waals surface area (Å²) in [5.41, 5.74) is 4.18. The first-order valence-electron chi connectivity index (χ1n) is 8.35. The van der Waals surface area contributed by atoms with E-state index < -0.39 is 10.0 Å². The van der Waals surface area contributed by atoms with Crippen molar-refractivity contribution in [3.8, 4) is 6.07 Å². The summed E-state index contributed by atoms with van der Waals surface area (Å²) in [7, 11) is -3.66. The molecule has 0 spiro atoms. The Balaban J connectivity index is 1.78. The number of nitrogens with zero attached hydrogens (tertiary/aromatic N) is 1. The molecule has 3 aromatic carbocycles. The SMILES string of the molecule is Cc1ccc(S(=O)(=O)Nc2ccc(Nc3ccccc3C#N)cc2)c(C)c1. The fraction of sp³-hybridized carbons (Fsp3) is 0.0952. The average Bonchev–Trinajstić information content (AvgIpc) is 2.63. The molecule has 0 atom stereocenters. The Morgan fingerprint density at radius 3 is 2.22 bits per heavy atom. The molecule has 0 amide bonds. The molecule has 0 aliphatic heterocycles. The van der Waals surface area contributed by atoms with Gasteiger partial charge in [-0.1, -0.05) is 29.8 Å². The molecule has 0 unspecified atom stereocenters. The van der Waals surface area contributed by atoms with Crippen LogP contribution in [0.1, 0.15) is 16.7 Å². The maximum Gasteiger partial charge on any atom is 0.262 e. The second kappa shape index (κ2) is 7.52. The zero-order valence-electron chi connectivity index (χ0n) is 15.0. The molecule has 0 radical (unpaired) electrons. The molecular formula is C21H19N3O2S. The summed E-state index contributed by atoms with van der Waals surface area (Å²) in [5, 5.41) is 12.3. The number of para-hydroxylation sites is 1. The Labute approximate surface area is 159 Å². The summed E-state index contributed by atoms with van der Waals surface area (Å²) >= 11 is 0. The summed E-state index contributed by atoms with van der Waals surface area (Å²) in [6, 6.07) is 21.4. The molecule has 0 fully saturated rings. The smallest absolute Gasteiger partial charge is 0.262 e. The van der Waals surface area contributed by atoms with Gasteiger partial charge < -0.3 is 5.32 Å². The van der Waals surface area contributed by atoms with Gasteiger partial charge in [-0.25, -0.2) is 8.42 Å².